The van der Waals surface area contributed by atoms with E-state index in [-0.39, 0.29) is 17.6 Å². The van der Waals surface area contributed by atoms with Crippen LogP contribution >= 0.6 is 11.8 Å². The van der Waals surface area contributed by atoms with Gasteiger partial charge in [-0.1, -0.05) is 29.8 Å². The number of hydrogen-bond acceptors (Lipinski definition) is 4. The van der Waals surface area contributed by atoms with Gasteiger partial charge in [-0.05, 0) is 44.2 Å². The molecule has 0 bridgehead atoms. The van der Waals surface area contributed by atoms with Crippen molar-refractivity contribution in [2.75, 3.05) is 37.2 Å². The summed E-state index contributed by atoms with van der Waals surface area (Å²) in [7, 11) is 0. The number of anilines is 1. The van der Waals surface area contributed by atoms with Crippen LogP contribution in [0.4, 0.5) is 5.69 Å². The maximum atomic E-state index is 12.9. The van der Waals surface area contributed by atoms with Gasteiger partial charge in [-0.2, -0.15) is 0 Å². The van der Waals surface area contributed by atoms with Gasteiger partial charge in [-0.15, -0.1) is 11.8 Å². The number of carbonyl (C=O) groups is 2. The van der Waals surface area contributed by atoms with Crippen molar-refractivity contribution in [2.24, 2.45) is 0 Å². The number of thioether (sulfide) groups is 1. The Morgan fingerprint density at radius 1 is 1.07 bits per heavy atom. The second-order valence-electron chi connectivity index (χ2n) is 6.59. The van der Waals surface area contributed by atoms with Gasteiger partial charge in [0.2, 0.25) is 5.91 Å². The SMILES string of the molecule is Cc1ccc(NC(=O)CSc2ccccc2C(=O)N2CCCNCC2)cc1. The standard InChI is InChI=1S/C21H25N3O2S/c1-16-7-9-17(10-8-16)23-20(25)15-27-19-6-3-2-5-18(19)21(26)24-13-4-11-22-12-14-24/h2-3,5-10,22H,4,11-15H2,1H3,(H,23,25). The Morgan fingerprint density at radius 3 is 2.67 bits per heavy atom. The third-order valence-corrected chi connectivity index (χ3v) is 5.51. The van der Waals surface area contributed by atoms with E-state index in [0.717, 1.165) is 42.2 Å². The number of aryl methyl sites for hydroxylation is 1. The van der Waals surface area contributed by atoms with Crippen molar-refractivity contribution in [3.63, 3.8) is 0 Å². The van der Waals surface area contributed by atoms with E-state index in [0.29, 0.717) is 12.1 Å². The van der Waals surface area contributed by atoms with Crippen LogP contribution in [0.25, 0.3) is 0 Å². The topological polar surface area (TPSA) is 61.4 Å². The van der Waals surface area contributed by atoms with Gasteiger partial charge in [-0.25, -0.2) is 0 Å². The van der Waals surface area contributed by atoms with Crippen molar-refractivity contribution < 1.29 is 9.59 Å². The third-order valence-electron chi connectivity index (χ3n) is 4.44. The maximum absolute atomic E-state index is 12.9. The fourth-order valence-corrected chi connectivity index (χ4v) is 3.81. The molecule has 0 unspecified atom stereocenters. The second kappa shape index (κ2) is 9.58. The van der Waals surface area contributed by atoms with E-state index in [1.165, 1.54) is 11.8 Å². The molecule has 2 N–H and O–H groups in total. The third kappa shape index (κ3) is 5.58. The Kier molecular flexibility index (Phi) is 6.90. The molecule has 1 heterocycles. The molecule has 1 saturated heterocycles. The summed E-state index contributed by atoms with van der Waals surface area (Å²) >= 11 is 1.40. The van der Waals surface area contributed by atoms with Gasteiger partial charge in [-0.3, -0.25) is 9.59 Å². The molecule has 3 rings (SSSR count). The van der Waals surface area contributed by atoms with Crippen LogP contribution < -0.4 is 10.6 Å². The molecule has 6 heteroatoms. The zero-order chi connectivity index (χ0) is 19.1. The number of rotatable bonds is 5. The highest BCUT2D eigenvalue weighted by Crippen LogP contribution is 2.24. The van der Waals surface area contributed by atoms with Gasteiger partial charge in [0, 0.05) is 30.2 Å². The molecule has 0 saturated carbocycles. The van der Waals surface area contributed by atoms with Gasteiger partial charge in [0.05, 0.1) is 11.3 Å². The average molecular weight is 384 g/mol. The van der Waals surface area contributed by atoms with Gasteiger partial charge in [0.1, 0.15) is 0 Å². The van der Waals surface area contributed by atoms with Crippen LogP contribution in [-0.4, -0.2) is 48.6 Å². The van der Waals surface area contributed by atoms with E-state index in [4.69, 9.17) is 0 Å². The Bertz CT molecular complexity index is 784. The Morgan fingerprint density at radius 2 is 1.85 bits per heavy atom. The highest BCUT2D eigenvalue weighted by atomic mass is 32.2. The van der Waals surface area contributed by atoms with E-state index in [2.05, 4.69) is 10.6 Å². The lowest BCUT2D eigenvalue weighted by Crippen LogP contribution is -2.34. The minimum absolute atomic E-state index is 0.0424. The van der Waals surface area contributed by atoms with Crippen LogP contribution in [0.1, 0.15) is 22.3 Å². The molecule has 0 radical (unpaired) electrons. The normalized spacial score (nSPS) is 14.5. The van der Waals surface area contributed by atoms with Gasteiger partial charge < -0.3 is 15.5 Å². The molecule has 1 aliphatic heterocycles. The van der Waals surface area contributed by atoms with Crippen molar-refractivity contribution in [1.29, 1.82) is 0 Å². The monoisotopic (exact) mass is 383 g/mol. The van der Waals surface area contributed by atoms with Crippen LogP contribution in [0.5, 0.6) is 0 Å². The molecule has 0 aromatic heterocycles. The zero-order valence-electron chi connectivity index (χ0n) is 15.5. The Labute approximate surface area is 164 Å². The molecule has 1 aliphatic rings. The highest BCUT2D eigenvalue weighted by Gasteiger charge is 2.20. The summed E-state index contributed by atoms with van der Waals surface area (Å²) in [6, 6.07) is 15.2. The van der Waals surface area contributed by atoms with Crippen molar-refractivity contribution in [3.05, 3.63) is 59.7 Å². The molecule has 27 heavy (non-hydrogen) atoms. The number of amides is 2. The van der Waals surface area contributed by atoms with E-state index < -0.39 is 0 Å². The van der Waals surface area contributed by atoms with Crippen molar-refractivity contribution in [3.8, 4) is 0 Å². The summed E-state index contributed by atoms with van der Waals surface area (Å²) in [6.45, 7) is 5.25. The summed E-state index contributed by atoms with van der Waals surface area (Å²) in [5.74, 6) is 0.227. The molecule has 2 amide bonds. The zero-order valence-corrected chi connectivity index (χ0v) is 16.3. The molecular formula is C21H25N3O2S. The predicted molar refractivity (Wildman–Crippen MR) is 110 cm³/mol. The number of carbonyl (C=O) groups excluding carboxylic acids is 2. The van der Waals surface area contributed by atoms with Crippen molar-refractivity contribution in [1.82, 2.24) is 10.2 Å². The Balaban J connectivity index is 1.62. The first-order valence-electron chi connectivity index (χ1n) is 9.22. The van der Waals surface area contributed by atoms with Crippen LogP contribution in [0.3, 0.4) is 0 Å². The van der Waals surface area contributed by atoms with Crippen LogP contribution in [0.2, 0.25) is 0 Å². The van der Waals surface area contributed by atoms with E-state index in [1.54, 1.807) is 0 Å². The summed E-state index contributed by atoms with van der Waals surface area (Å²) in [6.07, 6.45) is 0.958. The molecule has 0 aliphatic carbocycles. The van der Waals surface area contributed by atoms with Crippen molar-refractivity contribution >= 4 is 29.3 Å². The molecule has 5 nitrogen and oxygen atoms in total. The molecule has 0 spiro atoms. The smallest absolute Gasteiger partial charge is 0.255 e. The molecule has 2 aromatic carbocycles. The number of hydrogen-bond donors (Lipinski definition) is 2. The summed E-state index contributed by atoms with van der Waals surface area (Å²) < 4.78 is 0. The number of nitrogens with one attached hydrogen (secondary N) is 2. The Hall–Kier alpha value is -2.31. The minimum Gasteiger partial charge on any atom is -0.337 e. The maximum Gasteiger partial charge on any atom is 0.255 e. The minimum atomic E-state index is -0.0786. The van der Waals surface area contributed by atoms with Gasteiger partial charge >= 0.3 is 0 Å². The summed E-state index contributed by atoms with van der Waals surface area (Å²) in [5, 5.41) is 6.21. The van der Waals surface area contributed by atoms with Crippen LogP contribution in [0.15, 0.2) is 53.4 Å². The fourth-order valence-electron chi connectivity index (χ4n) is 2.97. The van der Waals surface area contributed by atoms with Crippen LogP contribution in [-0.2, 0) is 4.79 Å². The first-order valence-corrected chi connectivity index (χ1v) is 10.2. The highest BCUT2D eigenvalue weighted by molar-refractivity contribution is 8.00. The number of benzene rings is 2. The summed E-state index contributed by atoms with van der Waals surface area (Å²) in [5.41, 5.74) is 2.61. The largest absolute Gasteiger partial charge is 0.337 e. The van der Waals surface area contributed by atoms with Crippen LogP contribution in [0, 0.1) is 6.92 Å². The van der Waals surface area contributed by atoms with Gasteiger partial charge in [0.15, 0.2) is 0 Å². The van der Waals surface area contributed by atoms with E-state index >= 15 is 0 Å². The molecule has 0 atom stereocenters. The lowest BCUT2D eigenvalue weighted by atomic mass is 10.2. The molecular weight excluding hydrogens is 358 g/mol. The predicted octanol–water partition coefficient (Wildman–Crippen LogP) is 3.16. The molecule has 1 fully saturated rings. The van der Waals surface area contributed by atoms with Gasteiger partial charge in [0.25, 0.3) is 5.91 Å². The first-order chi connectivity index (χ1) is 13.1. The van der Waals surface area contributed by atoms with E-state index in [1.807, 2.05) is 60.4 Å². The van der Waals surface area contributed by atoms with Crippen molar-refractivity contribution in [2.45, 2.75) is 18.2 Å². The van der Waals surface area contributed by atoms with E-state index in [9.17, 15) is 9.59 Å². The average Bonchev–Trinajstić information content (AvgIpc) is 2.97. The first kappa shape index (κ1) is 19.5. The second-order valence-corrected chi connectivity index (χ2v) is 7.61. The quantitative estimate of drug-likeness (QED) is 0.779. The molecule has 142 valence electrons. The number of nitrogens with zero attached hydrogens (tertiary/aromatic N) is 1. The summed E-state index contributed by atoms with van der Waals surface area (Å²) in [4.78, 5) is 27.9. The lowest BCUT2D eigenvalue weighted by Gasteiger charge is -2.21. The lowest BCUT2D eigenvalue weighted by molar-refractivity contribution is -0.113. The molecule has 2 aromatic rings. The fraction of sp³-hybridized carbons (Fsp3) is 0.333.